The van der Waals surface area contributed by atoms with Crippen molar-refractivity contribution >= 4 is 21.8 Å². The molecule has 0 aromatic heterocycles. The minimum absolute atomic E-state index is 0.0398. The van der Waals surface area contributed by atoms with Gasteiger partial charge in [-0.15, -0.1) is 0 Å². The molecule has 1 atom stereocenters. The second-order valence-corrected chi connectivity index (χ2v) is 6.19. The second-order valence-electron chi connectivity index (χ2n) is 4.42. The molecule has 8 nitrogen and oxygen atoms in total. The van der Waals surface area contributed by atoms with Crippen LogP contribution >= 0.6 is 0 Å². The molecule has 0 aliphatic heterocycles. The van der Waals surface area contributed by atoms with E-state index in [0.29, 0.717) is 0 Å². The lowest BCUT2D eigenvalue weighted by Crippen LogP contribution is -2.13. The van der Waals surface area contributed by atoms with Crippen LogP contribution in [0.25, 0.3) is 0 Å². The Hall–Kier alpha value is -2.94. The number of nitro benzene ring substituents is 1. The second kappa shape index (κ2) is 7.55. The first-order valence-corrected chi connectivity index (χ1v) is 8.31. The number of hydrogen-bond donors (Lipinski definition) is 0. The summed E-state index contributed by atoms with van der Waals surface area (Å²) in [5.41, 5.74) is -0.295. The Balaban J connectivity index is 2.54. The van der Waals surface area contributed by atoms with Crippen molar-refractivity contribution in [1.29, 1.82) is 0 Å². The van der Waals surface area contributed by atoms with E-state index in [9.17, 15) is 19.1 Å². The molecule has 0 radical (unpaired) electrons. The number of benzene rings is 2. The van der Waals surface area contributed by atoms with E-state index < -0.39 is 21.0 Å². The number of carbonyl (C=O) groups is 1. The normalized spacial score (nSPS) is 12.7. The summed E-state index contributed by atoms with van der Waals surface area (Å²) in [5, 5.41) is 10.9. The highest BCUT2D eigenvalue weighted by Gasteiger charge is 2.21. The van der Waals surface area contributed by atoms with Crippen molar-refractivity contribution in [3.05, 3.63) is 64.7 Å². The van der Waals surface area contributed by atoms with Gasteiger partial charge in [-0.05, 0) is 25.1 Å². The van der Waals surface area contributed by atoms with Crippen LogP contribution in [0.2, 0.25) is 0 Å². The molecule has 9 heteroatoms. The Morgan fingerprint density at radius 3 is 2.54 bits per heavy atom. The Morgan fingerprint density at radius 2 is 1.92 bits per heavy atom. The SMILES string of the molecule is CCOC(=O)N=S(=O)(Oc1ccccc1)c1cccc([N+](=O)[O-])c1. The highest BCUT2D eigenvalue weighted by atomic mass is 32.2. The van der Waals surface area contributed by atoms with E-state index in [4.69, 9.17) is 4.18 Å². The fourth-order valence-electron chi connectivity index (χ4n) is 1.73. The Labute approximate surface area is 138 Å². The standard InChI is InChI=1S/C15H14N2O6S/c1-2-22-15(18)16-24(21,23-13-8-4-3-5-9-13)14-10-6-7-12(11-14)17(19)20/h3-11H,2H2,1H3. The number of nitrogens with zero attached hydrogens (tertiary/aromatic N) is 2. The summed E-state index contributed by atoms with van der Waals surface area (Å²) in [4.78, 5) is 21.8. The van der Waals surface area contributed by atoms with Crippen molar-refractivity contribution in [1.82, 2.24) is 0 Å². The van der Waals surface area contributed by atoms with Crippen LogP contribution in [0.3, 0.4) is 0 Å². The van der Waals surface area contributed by atoms with E-state index in [0.717, 1.165) is 6.07 Å². The molecule has 0 saturated carbocycles. The number of carbonyl (C=O) groups excluding carboxylic acids is 1. The van der Waals surface area contributed by atoms with Gasteiger partial charge in [0.2, 0.25) is 10.0 Å². The molecule has 0 aliphatic rings. The number of para-hydroxylation sites is 1. The zero-order valence-electron chi connectivity index (χ0n) is 12.7. The van der Waals surface area contributed by atoms with Gasteiger partial charge in [0.25, 0.3) is 5.69 Å². The van der Waals surface area contributed by atoms with Gasteiger partial charge in [0, 0.05) is 12.1 Å². The Bertz CT molecular complexity index is 859. The van der Waals surface area contributed by atoms with Gasteiger partial charge in [0.1, 0.15) is 5.75 Å². The van der Waals surface area contributed by atoms with E-state index in [2.05, 4.69) is 9.10 Å². The largest absolute Gasteiger partial charge is 0.448 e. The maximum absolute atomic E-state index is 13.1. The summed E-state index contributed by atoms with van der Waals surface area (Å²) in [5.74, 6) is 0.196. The predicted octanol–water partition coefficient (Wildman–Crippen LogP) is 3.57. The maximum Gasteiger partial charge on any atom is 0.444 e. The lowest BCUT2D eigenvalue weighted by molar-refractivity contribution is -0.385. The van der Waals surface area contributed by atoms with Crippen LogP contribution in [0.4, 0.5) is 10.5 Å². The molecule has 0 aliphatic carbocycles. The zero-order valence-corrected chi connectivity index (χ0v) is 13.5. The lowest BCUT2D eigenvalue weighted by Gasteiger charge is -2.11. The van der Waals surface area contributed by atoms with Gasteiger partial charge in [-0.25, -0.2) is 9.00 Å². The number of rotatable bonds is 5. The molecule has 1 unspecified atom stereocenters. The molecule has 126 valence electrons. The monoisotopic (exact) mass is 350 g/mol. The van der Waals surface area contributed by atoms with Crippen LogP contribution in [-0.2, 0) is 14.7 Å². The Kier molecular flexibility index (Phi) is 5.48. The third-order valence-corrected chi connectivity index (χ3v) is 4.40. The summed E-state index contributed by atoms with van der Waals surface area (Å²) < 4.78 is 26.6. The molecule has 24 heavy (non-hydrogen) atoms. The van der Waals surface area contributed by atoms with Crippen LogP contribution in [0.1, 0.15) is 6.92 Å². The van der Waals surface area contributed by atoms with E-state index >= 15 is 0 Å². The highest BCUT2D eigenvalue weighted by molar-refractivity contribution is 7.89. The molecule has 2 aromatic carbocycles. The van der Waals surface area contributed by atoms with Gasteiger partial charge in [-0.1, -0.05) is 28.6 Å². The van der Waals surface area contributed by atoms with Crippen LogP contribution in [0.15, 0.2) is 63.9 Å². The number of ether oxygens (including phenoxy) is 1. The third-order valence-electron chi connectivity index (χ3n) is 2.74. The number of amides is 1. The van der Waals surface area contributed by atoms with Gasteiger partial charge >= 0.3 is 6.09 Å². The van der Waals surface area contributed by atoms with Crippen LogP contribution in [-0.4, -0.2) is 21.8 Å². The summed E-state index contributed by atoms with van der Waals surface area (Å²) in [6.45, 7) is 1.61. The fourth-order valence-corrected chi connectivity index (χ4v) is 3.11. The van der Waals surface area contributed by atoms with Crippen molar-refractivity contribution in [2.45, 2.75) is 11.8 Å². The maximum atomic E-state index is 13.1. The number of hydrogen-bond acceptors (Lipinski definition) is 6. The molecular weight excluding hydrogens is 336 g/mol. The average Bonchev–Trinajstić information content (AvgIpc) is 2.56. The van der Waals surface area contributed by atoms with Crippen molar-refractivity contribution in [3.8, 4) is 5.75 Å². The van der Waals surface area contributed by atoms with Crippen molar-refractivity contribution in [2.24, 2.45) is 4.36 Å². The summed E-state index contributed by atoms with van der Waals surface area (Å²) in [7, 11) is -3.75. The average molecular weight is 350 g/mol. The van der Waals surface area contributed by atoms with Crippen molar-refractivity contribution < 1.29 is 22.8 Å². The quantitative estimate of drug-likeness (QED) is 0.602. The van der Waals surface area contributed by atoms with Gasteiger partial charge in [-0.2, -0.15) is 0 Å². The van der Waals surface area contributed by atoms with Gasteiger partial charge < -0.3 is 8.92 Å². The van der Waals surface area contributed by atoms with Gasteiger partial charge in [0.15, 0.2) is 0 Å². The van der Waals surface area contributed by atoms with Gasteiger partial charge in [-0.3, -0.25) is 10.1 Å². The molecular formula is C15H14N2O6S. The smallest absolute Gasteiger partial charge is 0.444 e. The number of nitro groups is 1. The molecule has 0 fully saturated rings. The van der Waals surface area contributed by atoms with E-state index in [1.807, 2.05) is 0 Å². The van der Waals surface area contributed by atoms with E-state index in [1.54, 1.807) is 25.1 Å². The highest BCUT2D eigenvalue weighted by Crippen LogP contribution is 2.24. The molecule has 2 rings (SSSR count). The van der Waals surface area contributed by atoms with E-state index in [-0.39, 0.29) is 22.9 Å². The molecule has 2 aromatic rings. The van der Waals surface area contributed by atoms with Crippen molar-refractivity contribution in [2.75, 3.05) is 6.61 Å². The minimum Gasteiger partial charge on any atom is -0.448 e. The third kappa shape index (κ3) is 4.29. The summed E-state index contributed by atoms with van der Waals surface area (Å²) in [6, 6.07) is 13.0. The van der Waals surface area contributed by atoms with Crippen LogP contribution in [0.5, 0.6) is 5.75 Å². The first-order valence-electron chi connectivity index (χ1n) is 6.87. The lowest BCUT2D eigenvalue weighted by atomic mass is 10.3. The topological polar surface area (TPSA) is 108 Å². The fraction of sp³-hybridized carbons (Fsp3) is 0.133. The minimum atomic E-state index is -3.75. The van der Waals surface area contributed by atoms with Crippen LogP contribution < -0.4 is 4.18 Å². The number of non-ortho nitro benzene ring substituents is 1. The Morgan fingerprint density at radius 1 is 1.21 bits per heavy atom. The van der Waals surface area contributed by atoms with E-state index in [1.165, 1.54) is 30.3 Å². The first kappa shape index (κ1) is 17.4. The molecule has 0 N–H and O–H groups in total. The molecule has 0 bridgehead atoms. The molecule has 0 saturated heterocycles. The summed E-state index contributed by atoms with van der Waals surface area (Å²) in [6.07, 6.45) is -1.08. The van der Waals surface area contributed by atoms with Crippen molar-refractivity contribution in [3.63, 3.8) is 0 Å². The molecule has 0 spiro atoms. The van der Waals surface area contributed by atoms with Crippen LogP contribution in [0, 0.1) is 10.1 Å². The summed E-state index contributed by atoms with van der Waals surface area (Å²) >= 11 is 0. The molecule has 0 heterocycles. The first-order chi connectivity index (χ1) is 11.4. The zero-order chi connectivity index (χ0) is 17.6. The predicted molar refractivity (Wildman–Crippen MR) is 86.0 cm³/mol. The van der Waals surface area contributed by atoms with Gasteiger partial charge in [0.05, 0.1) is 16.4 Å². The molecule has 1 amide bonds.